The normalized spacial score (nSPS) is 14.8. The molecule has 0 aromatic heterocycles. The van der Waals surface area contributed by atoms with E-state index in [9.17, 15) is 4.79 Å². The quantitative estimate of drug-likeness (QED) is 0.787. The molecule has 0 heterocycles. The van der Waals surface area contributed by atoms with Gasteiger partial charge in [-0.2, -0.15) is 0 Å². The maximum absolute atomic E-state index is 12.2. The van der Waals surface area contributed by atoms with Crippen LogP contribution in [0.25, 0.3) is 0 Å². The van der Waals surface area contributed by atoms with Gasteiger partial charge in [0.05, 0.1) is 0 Å². The second-order valence-electron chi connectivity index (χ2n) is 4.41. The molecular formula is C13H18N2O. The van der Waals surface area contributed by atoms with Crippen molar-refractivity contribution in [3.8, 4) is 0 Å². The SMILES string of the molecule is CCN(CC1CC1)C(=O)c1cccc(N)c1. The van der Waals surface area contributed by atoms with Gasteiger partial charge in [0, 0.05) is 24.3 Å². The number of hydrogen-bond acceptors (Lipinski definition) is 2. The first-order valence-corrected chi connectivity index (χ1v) is 5.85. The zero-order valence-corrected chi connectivity index (χ0v) is 9.65. The van der Waals surface area contributed by atoms with Crippen molar-refractivity contribution in [1.82, 2.24) is 4.90 Å². The van der Waals surface area contributed by atoms with Crippen molar-refractivity contribution < 1.29 is 4.79 Å². The summed E-state index contributed by atoms with van der Waals surface area (Å²) in [5.41, 5.74) is 7.02. The van der Waals surface area contributed by atoms with E-state index >= 15 is 0 Å². The van der Waals surface area contributed by atoms with E-state index in [2.05, 4.69) is 0 Å². The largest absolute Gasteiger partial charge is 0.399 e. The van der Waals surface area contributed by atoms with Crippen molar-refractivity contribution in [3.63, 3.8) is 0 Å². The van der Waals surface area contributed by atoms with Crippen molar-refractivity contribution in [1.29, 1.82) is 0 Å². The fourth-order valence-electron chi connectivity index (χ4n) is 1.82. The van der Waals surface area contributed by atoms with Crippen LogP contribution in [-0.4, -0.2) is 23.9 Å². The number of anilines is 1. The predicted octanol–water partition coefficient (Wildman–Crippen LogP) is 2.14. The zero-order valence-electron chi connectivity index (χ0n) is 9.65. The molecule has 0 saturated heterocycles. The average molecular weight is 218 g/mol. The van der Waals surface area contributed by atoms with Crippen molar-refractivity contribution in [2.75, 3.05) is 18.8 Å². The number of benzene rings is 1. The minimum Gasteiger partial charge on any atom is -0.399 e. The molecule has 2 N–H and O–H groups in total. The number of amides is 1. The van der Waals surface area contributed by atoms with Crippen LogP contribution in [0.15, 0.2) is 24.3 Å². The van der Waals surface area contributed by atoms with Gasteiger partial charge in [0.25, 0.3) is 5.91 Å². The minimum atomic E-state index is 0.0988. The molecule has 16 heavy (non-hydrogen) atoms. The highest BCUT2D eigenvalue weighted by Crippen LogP contribution is 2.30. The first-order valence-electron chi connectivity index (χ1n) is 5.85. The molecule has 0 radical (unpaired) electrons. The standard InChI is InChI=1S/C13H18N2O/c1-2-15(9-10-6-7-10)13(16)11-4-3-5-12(14)8-11/h3-5,8,10H,2,6-7,9,14H2,1H3. The molecule has 1 aliphatic carbocycles. The molecule has 0 aliphatic heterocycles. The fourth-order valence-corrected chi connectivity index (χ4v) is 1.82. The van der Waals surface area contributed by atoms with Gasteiger partial charge in [0.1, 0.15) is 0 Å². The van der Waals surface area contributed by atoms with Crippen LogP contribution in [0, 0.1) is 5.92 Å². The van der Waals surface area contributed by atoms with Crippen LogP contribution >= 0.6 is 0 Å². The molecule has 1 aliphatic rings. The van der Waals surface area contributed by atoms with Gasteiger partial charge in [0.15, 0.2) is 0 Å². The Morgan fingerprint density at radius 3 is 2.81 bits per heavy atom. The molecular weight excluding hydrogens is 200 g/mol. The van der Waals surface area contributed by atoms with E-state index in [1.807, 2.05) is 24.0 Å². The molecule has 1 saturated carbocycles. The predicted molar refractivity (Wildman–Crippen MR) is 65.2 cm³/mol. The zero-order chi connectivity index (χ0) is 11.5. The van der Waals surface area contributed by atoms with Gasteiger partial charge in [0.2, 0.25) is 0 Å². The van der Waals surface area contributed by atoms with Crippen LogP contribution in [0.3, 0.4) is 0 Å². The van der Waals surface area contributed by atoms with Crippen molar-refractivity contribution in [2.24, 2.45) is 5.92 Å². The van der Waals surface area contributed by atoms with Crippen LogP contribution in [0.4, 0.5) is 5.69 Å². The lowest BCUT2D eigenvalue weighted by atomic mass is 10.1. The van der Waals surface area contributed by atoms with E-state index < -0.39 is 0 Å². The molecule has 1 aromatic rings. The van der Waals surface area contributed by atoms with Gasteiger partial charge < -0.3 is 10.6 Å². The Kier molecular flexibility index (Phi) is 3.13. The molecule has 0 bridgehead atoms. The highest BCUT2D eigenvalue weighted by Gasteiger charge is 2.26. The number of nitrogens with zero attached hydrogens (tertiary/aromatic N) is 1. The highest BCUT2D eigenvalue weighted by molar-refractivity contribution is 5.95. The van der Waals surface area contributed by atoms with Crippen LogP contribution in [-0.2, 0) is 0 Å². The van der Waals surface area contributed by atoms with E-state index in [0.29, 0.717) is 11.3 Å². The molecule has 1 fully saturated rings. The number of carbonyl (C=O) groups is 1. The third-order valence-electron chi connectivity index (χ3n) is 2.98. The highest BCUT2D eigenvalue weighted by atomic mass is 16.2. The Bertz CT molecular complexity index is 385. The lowest BCUT2D eigenvalue weighted by molar-refractivity contribution is 0.0757. The Morgan fingerprint density at radius 1 is 1.50 bits per heavy atom. The summed E-state index contributed by atoms with van der Waals surface area (Å²) < 4.78 is 0. The van der Waals surface area contributed by atoms with Crippen molar-refractivity contribution >= 4 is 11.6 Å². The van der Waals surface area contributed by atoms with E-state index in [4.69, 9.17) is 5.73 Å². The maximum atomic E-state index is 12.2. The Balaban J connectivity index is 2.09. The van der Waals surface area contributed by atoms with Crippen molar-refractivity contribution in [3.05, 3.63) is 29.8 Å². The number of nitrogen functional groups attached to an aromatic ring is 1. The second kappa shape index (κ2) is 4.56. The summed E-state index contributed by atoms with van der Waals surface area (Å²) >= 11 is 0. The minimum absolute atomic E-state index is 0.0988. The topological polar surface area (TPSA) is 46.3 Å². The number of hydrogen-bond donors (Lipinski definition) is 1. The van der Waals surface area contributed by atoms with Crippen LogP contribution < -0.4 is 5.73 Å². The molecule has 2 rings (SSSR count). The molecule has 86 valence electrons. The lowest BCUT2D eigenvalue weighted by Gasteiger charge is -2.20. The Labute approximate surface area is 96.2 Å². The van der Waals surface area contributed by atoms with E-state index in [1.165, 1.54) is 12.8 Å². The summed E-state index contributed by atoms with van der Waals surface area (Å²) in [6.07, 6.45) is 2.53. The summed E-state index contributed by atoms with van der Waals surface area (Å²) in [6, 6.07) is 7.20. The molecule has 0 unspecified atom stereocenters. The van der Waals surface area contributed by atoms with E-state index in [1.54, 1.807) is 12.1 Å². The lowest BCUT2D eigenvalue weighted by Crippen LogP contribution is -2.32. The third-order valence-corrected chi connectivity index (χ3v) is 2.98. The van der Waals surface area contributed by atoms with E-state index in [0.717, 1.165) is 19.0 Å². The molecule has 1 amide bonds. The van der Waals surface area contributed by atoms with Gasteiger partial charge in [-0.25, -0.2) is 0 Å². The van der Waals surface area contributed by atoms with Gasteiger partial charge in [-0.15, -0.1) is 0 Å². The number of carbonyl (C=O) groups excluding carboxylic acids is 1. The number of nitrogens with two attached hydrogens (primary N) is 1. The second-order valence-corrected chi connectivity index (χ2v) is 4.41. The van der Waals surface area contributed by atoms with Gasteiger partial charge in [-0.05, 0) is 43.9 Å². The molecule has 3 nitrogen and oxygen atoms in total. The molecule has 3 heteroatoms. The van der Waals surface area contributed by atoms with Crippen LogP contribution in [0.1, 0.15) is 30.1 Å². The maximum Gasteiger partial charge on any atom is 0.253 e. The molecule has 0 atom stereocenters. The van der Waals surface area contributed by atoms with Crippen LogP contribution in [0.2, 0.25) is 0 Å². The monoisotopic (exact) mass is 218 g/mol. The first kappa shape index (κ1) is 11.0. The third kappa shape index (κ3) is 2.54. The van der Waals surface area contributed by atoms with Crippen LogP contribution in [0.5, 0.6) is 0 Å². The smallest absolute Gasteiger partial charge is 0.253 e. The van der Waals surface area contributed by atoms with Crippen molar-refractivity contribution in [2.45, 2.75) is 19.8 Å². The number of rotatable bonds is 4. The molecule has 0 spiro atoms. The van der Waals surface area contributed by atoms with Gasteiger partial charge >= 0.3 is 0 Å². The summed E-state index contributed by atoms with van der Waals surface area (Å²) in [7, 11) is 0. The summed E-state index contributed by atoms with van der Waals surface area (Å²) in [4.78, 5) is 14.1. The summed E-state index contributed by atoms with van der Waals surface area (Å²) in [5, 5.41) is 0. The Hall–Kier alpha value is -1.51. The molecule has 1 aromatic carbocycles. The van der Waals surface area contributed by atoms with Gasteiger partial charge in [-0.1, -0.05) is 6.07 Å². The first-order chi connectivity index (χ1) is 7.70. The summed E-state index contributed by atoms with van der Waals surface area (Å²) in [5.74, 6) is 0.826. The van der Waals surface area contributed by atoms with E-state index in [-0.39, 0.29) is 5.91 Å². The average Bonchev–Trinajstić information content (AvgIpc) is 3.09. The Morgan fingerprint density at radius 2 is 2.25 bits per heavy atom. The van der Waals surface area contributed by atoms with Gasteiger partial charge in [-0.3, -0.25) is 4.79 Å². The summed E-state index contributed by atoms with van der Waals surface area (Å²) in [6.45, 7) is 3.68. The fraction of sp³-hybridized carbons (Fsp3) is 0.462.